The Morgan fingerprint density at radius 2 is 1.89 bits per heavy atom. The van der Waals surface area contributed by atoms with Crippen molar-refractivity contribution in [2.75, 3.05) is 6.54 Å². The van der Waals surface area contributed by atoms with Crippen molar-refractivity contribution in [1.82, 2.24) is 9.88 Å². The lowest BCUT2D eigenvalue weighted by Crippen LogP contribution is -2.23. The Bertz CT molecular complexity index is 558. The van der Waals surface area contributed by atoms with Gasteiger partial charge in [-0.25, -0.2) is 0 Å². The van der Waals surface area contributed by atoms with Crippen LogP contribution in [0.4, 0.5) is 0 Å². The van der Waals surface area contributed by atoms with Crippen molar-refractivity contribution in [2.45, 2.75) is 20.0 Å². The molecule has 2 aromatic rings. The quantitative estimate of drug-likeness (QED) is 0.820. The molecule has 0 fully saturated rings. The molecule has 0 spiro atoms. The molecular formula is C16H17N3. The van der Waals surface area contributed by atoms with Crippen LogP contribution in [0.15, 0.2) is 48.7 Å². The van der Waals surface area contributed by atoms with Gasteiger partial charge < -0.3 is 0 Å². The molecule has 19 heavy (non-hydrogen) atoms. The first-order chi connectivity index (χ1) is 9.33. The Labute approximate surface area is 114 Å². The SMILES string of the molecule is CCN(Cc1ccccn1)Cc1ccccc1C#N. The zero-order valence-corrected chi connectivity index (χ0v) is 11.1. The summed E-state index contributed by atoms with van der Waals surface area (Å²) in [5.74, 6) is 0. The lowest BCUT2D eigenvalue weighted by Gasteiger charge is -2.20. The van der Waals surface area contributed by atoms with E-state index in [0.29, 0.717) is 0 Å². The molecule has 96 valence electrons. The number of benzene rings is 1. The molecule has 0 N–H and O–H groups in total. The van der Waals surface area contributed by atoms with Gasteiger partial charge in [0.2, 0.25) is 0 Å². The lowest BCUT2D eigenvalue weighted by atomic mass is 10.1. The molecule has 0 bridgehead atoms. The third kappa shape index (κ3) is 3.64. The molecule has 1 aromatic carbocycles. The minimum Gasteiger partial charge on any atom is -0.293 e. The zero-order chi connectivity index (χ0) is 13.5. The Morgan fingerprint density at radius 1 is 1.11 bits per heavy atom. The summed E-state index contributed by atoms with van der Waals surface area (Å²) in [6.45, 7) is 4.63. The molecule has 3 heteroatoms. The highest BCUT2D eigenvalue weighted by Crippen LogP contribution is 2.12. The van der Waals surface area contributed by atoms with E-state index >= 15 is 0 Å². The number of hydrogen-bond acceptors (Lipinski definition) is 3. The van der Waals surface area contributed by atoms with Crippen LogP contribution in [0.3, 0.4) is 0 Å². The average molecular weight is 251 g/mol. The minimum absolute atomic E-state index is 0.752. The van der Waals surface area contributed by atoms with Crippen LogP contribution in [0, 0.1) is 11.3 Å². The van der Waals surface area contributed by atoms with Crippen LogP contribution in [-0.2, 0) is 13.1 Å². The van der Waals surface area contributed by atoms with E-state index in [0.717, 1.165) is 36.5 Å². The van der Waals surface area contributed by atoms with Gasteiger partial charge in [-0.05, 0) is 30.3 Å². The number of hydrogen-bond donors (Lipinski definition) is 0. The van der Waals surface area contributed by atoms with Gasteiger partial charge in [-0.1, -0.05) is 31.2 Å². The van der Waals surface area contributed by atoms with E-state index in [1.165, 1.54) is 0 Å². The van der Waals surface area contributed by atoms with Gasteiger partial charge in [0.05, 0.1) is 17.3 Å². The predicted octanol–water partition coefficient (Wildman–Crippen LogP) is 2.98. The van der Waals surface area contributed by atoms with Crippen molar-refractivity contribution in [2.24, 2.45) is 0 Å². The third-order valence-electron chi connectivity index (χ3n) is 3.09. The van der Waals surface area contributed by atoms with E-state index < -0.39 is 0 Å². The van der Waals surface area contributed by atoms with E-state index in [2.05, 4.69) is 22.9 Å². The molecule has 0 aliphatic heterocycles. The minimum atomic E-state index is 0.752. The normalized spacial score (nSPS) is 10.4. The molecule has 0 saturated carbocycles. The molecule has 0 aliphatic carbocycles. The second-order valence-corrected chi connectivity index (χ2v) is 4.39. The molecule has 0 aliphatic rings. The van der Waals surface area contributed by atoms with E-state index in [-0.39, 0.29) is 0 Å². The topological polar surface area (TPSA) is 39.9 Å². The molecule has 1 aromatic heterocycles. The number of nitrogens with zero attached hydrogens (tertiary/aromatic N) is 3. The summed E-state index contributed by atoms with van der Waals surface area (Å²) in [6, 6.07) is 15.9. The van der Waals surface area contributed by atoms with Gasteiger partial charge in [0.1, 0.15) is 0 Å². The van der Waals surface area contributed by atoms with E-state index in [1.54, 1.807) is 0 Å². The first-order valence-electron chi connectivity index (χ1n) is 6.43. The molecule has 1 heterocycles. The summed E-state index contributed by atoms with van der Waals surface area (Å²) >= 11 is 0. The standard InChI is InChI=1S/C16H17N3/c1-2-19(13-16-9-5-6-10-18-16)12-15-8-4-3-7-14(15)11-17/h3-10H,2,12-13H2,1H3. The molecule has 0 radical (unpaired) electrons. The van der Waals surface area contributed by atoms with Gasteiger partial charge in [-0.2, -0.15) is 5.26 Å². The number of nitriles is 1. The fourth-order valence-electron chi connectivity index (χ4n) is 2.01. The van der Waals surface area contributed by atoms with Crippen LogP contribution in [0.25, 0.3) is 0 Å². The maximum Gasteiger partial charge on any atom is 0.0995 e. The Balaban J connectivity index is 2.09. The van der Waals surface area contributed by atoms with Crippen molar-refractivity contribution in [3.05, 3.63) is 65.5 Å². The Morgan fingerprint density at radius 3 is 2.58 bits per heavy atom. The Hall–Kier alpha value is -2.18. The van der Waals surface area contributed by atoms with Gasteiger partial charge in [-0.3, -0.25) is 9.88 Å². The zero-order valence-electron chi connectivity index (χ0n) is 11.1. The summed E-state index contributed by atoms with van der Waals surface area (Å²) in [6.07, 6.45) is 1.81. The summed E-state index contributed by atoms with van der Waals surface area (Å²) in [7, 11) is 0. The molecule has 3 nitrogen and oxygen atoms in total. The fourth-order valence-corrected chi connectivity index (χ4v) is 2.01. The second-order valence-electron chi connectivity index (χ2n) is 4.39. The predicted molar refractivity (Wildman–Crippen MR) is 75.2 cm³/mol. The van der Waals surface area contributed by atoms with Crippen LogP contribution in [0.5, 0.6) is 0 Å². The maximum absolute atomic E-state index is 9.11. The second kappa shape index (κ2) is 6.67. The molecule has 0 amide bonds. The van der Waals surface area contributed by atoms with Crippen molar-refractivity contribution < 1.29 is 0 Å². The van der Waals surface area contributed by atoms with Crippen molar-refractivity contribution in [1.29, 1.82) is 5.26 Å². The maximum atomic E-state index is 9.11. The number of rotatable bonds is 5. The van der Waals surface area contributed by atoms with Crippen LogP contribution < -0.4 is 0 Å². The molecular weight excluding hydrogens is 234 g/mol. The van der Waals surface area contributed by atoms with Crippen LogP contribution in [0.1, 0.15) is 23.7 Å². The summed E-state index contributed by atoms with van der Waals surface area (Å²) in [4.78, 5) is 6.62. The van der Waals surface area contributed by atoms with Gasteiger partial charge >= 0.3 is 0 Å². The Kier molecular flexibility index (Phi) is 4.66. The van der Waals surface area contributed by atoms with E-state index in [1.807, 2.05) is 48.7 Å². The third-order valence-corrected chi connectivity index (χ3v) is 3.09. The van der Waals surface area contributed by atoms with Gasteiger partial charge in [0, 0.05) is 19.3 Å². The van der Waals surface area contributed by atoms with Crippen LogP contribution >= 0.6 is 0 Å². The molecule has 2 rings (SSSR count). The van der Waals surface area contributed by atoms with Gasteiger partial charge in [-0.15, -0.1) is 0 Å². The van der Waals surface area contributed by atoms with Crippen molar-refractivity contribution in [3.8, 4) is 6.07 Å². The highest BCUT2D eigenvalue weighted by Gasteiger charge is 2.08. The van der Waals surface area contributed by atoms with Gasteiger partial charge in [0.25, 0.3) is 0 Å². The molecule has 0 saturated heterocycles. The van der Waals surface area contributed by atoms with Crippen molar-refractivity contribution in [3.63, 3.8) is 0 Å². The van der Waals surface area contributed by atoms with Gasteiger partial charge in [0.15, 0.2) is 0 Å². The summed E-state index contributed by atoms with van der Waals surface area (Å²) in [5.41, 5.74) is 2.88. The highest BCUT2D eigenvalue weighted by atomic mass is 15.1. The van der Waals surface area contributed by atoms with Crippen LogP contribution in [0.2, 0.25) is 0 Å². The summed E-state index contributed by atoms with van der Waals surface area (Å²) in [5, 5.41) is 9.11. The lowest BCUT2D eigenvalue weighted by molar-refractivity contribution is 0.268. The van der Waals surface area contributed by atoms with E-state index in [4.69, 9.17) is 5.26 Å². The van der Waals surface area contributed by atoms with Crippen molar-refractivity contribution >= 4 is 0 Å². The largest absolute Gasteiger partial charge is 0.293 e. The molecule has 0 atom stereocenters. The number of aromatic nitrogens is 1. The van der Waals surface area contributed by atoms with Crippen LogP contribution in [-0.4, -0.2) is 16.4 Å². The smallest absolute Gasteiger partial charge is 0.0995 e. The molecule has 0 unspecified atom stereocenters. The van der Waals surface area contributed by atoms with E-state index in [9.17, 15) is 0 Å². The fraction of sp³-hybridized carbons (Fsp3) is 0.250. The number of pyridine rings is 1. The summed E-state index contributed by atoms with van der Waals surface area (Å²) < 4.78 is 0. The highest BCUT2D eigenvalue weighted by molar-refractivity contribution is 5.37. The monoisotopic (exact) mass is 251 g/mol. The first kappa shape index (κ1) is 13.3. The average Bonchev–Trinajstić information content (AvgIpc) is 2.48. The first-order valence-corrected chi connectivity index (χ1v) is 6.43.